The zero-order valence-electron chi connectivity index (χ0n) is 10.6. The van der Waals surface area contributed by atoms with Gasteiger partial charge in [0.1, 0.15) is 4.90 Å². The van der Waals surface area contributed by atoms with E-state index in [2.05, 4.69) is 0 Å². The number of carbonyl (C=O) groups excluding carboxylic acids is 1. The predicted molar refractivity (Wildman–Crippen MR) is 67.9 cm³/mol. The van der Waals surface area contributed by atoms with Gasteiger partial charge < -0.3 is 4.74 Å². The first-order valence-electron chi connectivity index (χ1n) is 5.50. The van der Waals surface area contributed by atoms with Crippen LogP contribution in [0.5, 0.6) is 0 Å². The first-order valence-corrected chi connectivity index (χ1v) is 7.43. The van der Waals surface area contributed by atoms with Gasteiger partial charge in [0, 0.05) is 0 Å². The second-order valence-corrected chi connectivity index (χ2v) is 5.91. The average Bonchev–Trinajstić information content (AvgIpc) is 2.31. The Labute approximate surface area is 119 Å². The van der Waals surface area contributed by atoms with Gasteiger partial charge in [-0.15, -0.1) is 0 Å². The van der Waals surface area contributed by atoms with E-state index in [4.69, 9.17) is 21.5 Å². The average molecular weight is 328 g/mol. The molecule has 0 spiro atoms. The van der Waals surface area contributed by atoms with Gasteiger partial charge in [-0.25, -0.2) is 27.1 Å². The van der Waals surface area contributed by atoms with Crippen LogP contribution >= 0.6 is 11.6 Å². The largest absolute Gasteiger partial charge is 0.459 e. The van der Waals surface area contributed by atoms with E-state index >= 15 is 0 Å². The summed E-state index contributed by atoms with van der Waals surface area (Å²) in [5.74, 6) is -4.36. The molecule has 112 valence electrons. The molecule has 0 aliphatic carbocycles. The Bertz CT molecular complexity index is 648. The molecule has 1 aromatic rings. The Balaban J connectivity index is 3.44. The fraction of sp³-hybridized carbons (Fsp3) is 0.364. The first kappa shape index (κ1) is 16.8. The summed E-state index contributed by atoms with van der Waals surface area (Å²) in [6.07, 6.45) is -0.0145. The molecule has 20 heavy (non-hydrogen) atoms. The number of esters is 1. The molecule has 0 saturated heterocycles. The lowest BCUT2D eigenvalue weighted by molar-refractivity contribution is 0.0333. The molecule has 0 aromatic heterocycles. The highest BCUT2D eigenvalue weighted by atomic mass is 35.5. The monoisotopic (exact) mass is 327 g/mol. The lowest BCUT2D eigenvalue weighted by Gasteiger charge is -2.13. The summed E-state index contributed by atoms with van der Waals surface area (Å²) in [5.41, 5.74) is -0.602. The molecule has 0 aliphatic heterocycles. The number of ether oxygens (including phenoxy) is 1. The quantitative estimate of drug-likeness (QED) is 0.678. The molecule has 1 rings (SSSR count). The zero-order valence-corrected chi connectivity index (χ0v) is 12.2. The lowest BCUT2D eigenvalue weighted by atomic mass is 10.2. The Hall–Kier alpha value is -1.25. The van der Waals surface area contributed by atoms with Crippen molar-refractivity contribution in [3.8, 4) is 0 Å². The van der Waals surface area contributed by atoms with Crippen molar-refractivity contribution in [2.45, 2.75) is 31.3 Å². The molecule has 2 N–H and O–H groups in total. The van der Waals surface area contributed by atoms with Crippen molar-refractivity contribution >= 4 is 27.6 Å². The van der Waals surface area contributed by atoms with Crippen LogP contribution < -0.4 is 5.14 Å². The van der Waals surface area contributed by atoms with E-state index in [-0.39, 0.29) is 0 Å². The highest BCUT2D eigenvalue weighted by Crippen LogP contribution is 2.30. The molecule has 1 unspecified atom stereocenters. The van der Waals surface area contributed by atoms with E-state index in [0.717, 1.165) is 0 Å². The second kappa shape index (κ2) is 6.02. The van der Waals surface area contributed by atoms with Gasteiger partial charge in [-0.05, 0) is 19.4 Å². The van der Waals surface area contributed by atoms with Crippen LogP contribution in [0.2, 0.25) is 5.02 Å². The van der Waals surface area contributed by atoms with Gasteiger partial charge in [0.2, 0.25) is 10.0 Å². The van der Waals surface area contributed by atoms with Crippen LogP contribution in [0, 0.1) is 11.6 Å². The van der Waals surface area contributed by atoms with Gasteiger partial charge in [0.25, 0.3) is 0 Å². The van der Waals surface area contributed by atoms with Crippen molar-refractivity contribution in [1.82, 2.24) is 0 Å². The minimum absolute atomic E-state index is 0.469. The standard InChI is InChI=1S/C11H12ClF2NO4S/c1-3-5(2)19-11(16)6-4-7(13)9(14)10(8(6)12)20(15,17)18/h4-5H,3H2,1-2H3,(H2,15,17,18). The first-order chi connectivity index (χ1) is 9.09. The van der Waals surface area contributed by atoms with Crippen LogP contribution in [-0.2, 0) is 14.8 Å². The Kier molecular flexibility index (Phi) is 5.06. The van der Waals surface area contributed by atoms with Gasteiger partial charge in [-0.3, -0.25) is 0 Å². The van der Waals surface area contributed by atoms with E-state index in [0.29, 0.717) is 12.5 Å². The number of rotatable bonds is 4. The minimum atomic E-state index is -4.63. The van der Waals surface area contributed by atoms with Crippen LogP contribution in [0.1, 0.15) is 30.6 Å². The van der Waals surface area contributed by atoms with E-state index in [1.165, 1.54) is 0 Å². The molecule has 0 aliphatic rings. The van der Waals surface area contributed by atoms with Crippen molar-refractivity contribution < 1.29 is 26.7 Å². The topological polar surface area (TPSA) is 86.5 Å². The predicted octanol–water partition coefficient (Wildman–Crippen LogP) is 2.22. The number of benzene rings is 1. The number of nitrogens with two attached hydrogens (primary N) is 1. The fourth-order valence-corrected chi connectivity index (χ4v) is 2.55. The van der Waals surface area contributed by atoms with Crippen LogP contribution in [0.25, 0.3) is 0 Å². The molecular formula is C11H12ClF2NO4S. The third kappa shape index (κ3) is 3.44. The van der Waals surface area contributed by atoms with Gasteiger partial charge in [-0.1, -0.05) is 18.5 Å². The van der Waals surface area contributed by atoms with Crippen LogP contribution in [0.3, 0.4) is 0 Å². The fourth-order valence-electron chi connectivity index (χ4n) is 1.31. The van der Waals surface area contributed by atoms with Crippen molar-refractivity contribution in [2.75, 3.05) is 0 Å². The molecule has 0 heterocycles. The maximum atomic E-state index is 13.5. The summed E-state index contributed by atoms with van der Waals surface area (Å²) in [4.78, 5) is 10.5. The number of carbonyl (C=O) groups is 1. The normalized spacial score (nSPS) is 13.1. The highest BCUT2D eigenvalue weighted by Gasteiger charge is 2.28. The second-order valence-electron chi connectivity index (χ2n) is 4.03. The van der Waals surface area contributed by atoms with Crippen molar-refractivity contribution in [3.63, 3.8) is 0 Å². The van der Waals surface area contributed by atoms with E-state index in [1.54, 1.807) is 13.8 Å². The molecule has 1 atom stereocenters. The molecule has 0 amide bonds. The lowest BCUT2D eigenvalue weighted by Crippen LogP contribution is -2.19. The number of halogens is 3. The van der Waals surface area contributed by atoms with Gasteiger partial charge in [0.05, 0.1) is 16.7 Å². The molecule has 9 heteroatoms. The van der Waals surface area contributed by atoms with E-state index < -0.39 is 49.2 Å². The maximum absolute atomic E-state index is 13.5. The molecule has 0 bridgehead atoms. The summed E-state index contributed by atoms with van der Waals surface area (Å²) < 4.78 is 54.1. The smallest absolute Gasteiger partial charge is 0.340 e. The van der Waals surface area contributed by atoms with Crippen molar-refractivity contribution in [3.05, 3.63) is 28.3 Å². The van der Waals surface area contributed by atoms with E-state index in [1.807, 2.05) is 0 Å². The Morgan fingerprint density at radius 2 is 2.05 bits per heavy atom. The Morgan fingerprint density at radius 1 is 1.50 bits per heavy atom. The number of hydrogen-bond acceptors (Lipinski definition) is 4. The molecule has 1 aromatic carbocycles. The summed E-state index contributed by atoms with van der Waals surface area (Å²) in [6, 6.07) is 0.469. The van der Waals surface area contributed by atoms with Crippen LogP contribution in [0.4, 0.5) is 8.78 Å². The maximum Gasteiger partial charge on any atom is 0.340 e. The van der Waals surface area contributed by atoms with Crippen LogP contribution in [-0.4, -0.2) is 20.5 Å². The molecule has 0 saturated carbocycles. The molecule has 0 fully saturated rings. The van der Waals surface area contributed by atoms with Crippen molar-refractivity contribution in [1.29, 1.82) is 0 Å². The van der Waals surface area contributed by atoms with Gasteiger partial charge in [0.15, 0.2) is 11.6 Å². The molecule has 0 radical (unpaired) electrons. The molecular weight excluding hydrogens is 316 g/mol. The molecule has 5 nitrogen and oxygen atoms in total. The third-order valence-corrected chi connectivity index (χ3v) is 3.96. The Morgan fingerprint density at radius 3 is 2.50 bits per heavy atom. The summed E-state index contributed by atoms with van der Waals surface area (Å²) >= 11 is 5.63. The van der Waals surface area contributed by atoms with Crippen molar-refractivity contribution in [2.24, 2.45) is 5.14 Å². The van der Waals surface area contributed by atoms with Crippen LogP contribution in [0.15, 0.2) is 11.0 Å². The minimum Gasteiger partial charge on any atom is -0.459 e. The third-order valence-electron chi connectivity index (χ3n) is 2.50. The number of hydrogen-bond donors (Lipinski definition) is 1. The summed E-state index contributed by atoms with van der Waals surface area (Å²) in [6.45, 7) is 3.31. The summed E-state index contributed by atoms with van der Waals surface area (Å²) in [5, 5.41) is 3.95. The van der Waals surface area contributed by atoms with Gasteiger partial charge >= 0.3 is 5.97 Å². The zero-order chi connectivity index (χ0) is 15.7. The highest BCUT2D eigenvalue weighted by molar-refractivity contribution is 7.89. The number of primary sulfonamides is 1. The summed E-state index contributed by atoms with van der Waals surface area (Å²) in [7, 11) is -4.63. The van der Waals surface area contributed by atoms with E-state index in [9.17, 15) is 22.0 Å². The SMILES string of the molecule is CCC(C)OC(=O)c1cc(F)c(F)c(S(N)(=O)=O)c1Cl. The number of sulfonamides is 1. The van der Waals surface area contributed by atoms with Gasteiger partial charge in [-0.2, -0.15) is 0 Å².